The number of benzene rings is 1. The fourth-order valence-corrected chi connectivity index (χ4v) is 3.61. The van der Waals surface area contributed by atoms with Crippen molar-refractivity contribution in [2.45, 2.75) is 52.0 Å². The molecule has 3 heteroatoms. The highest BCUT2D eigenvalue weighted by Crippen LogP contribution is 2.38. The second-order valence-electron chi connectivity index (χ2n) is 7.11. The van der Waals surface area contributed by atoms with Gasteiger partial charge in [-0.2, -0.15) is 0 Å². The van der Waals surface area contributed by atoms with E-state index in [9.17, 15) is 4.39 Å². The molecule has 1 aliphatic heterocycles. The third-order valence-corrected chi connectivity index (χ3v) is 4.73. The minimum absolute atomic E-state index is 0.0887. The predicted molar refractivity (Wildman–Crippen MR) is 82.9 cm³/mol. The van der Waals surface area contributed by atoms with Crippen LogP contribution in [0.3, 0.4) is 0 Å². The van der Waals surface area contributed by atoms with Gasteiger partial charge in [0.1, 0.15) is 5.82 Å². The smallest absolute Gasteiger partial charge is 0.148 e. The zero-order valence-electron chi connectivity index (χ0n) is 12.6. The Labute approximate surface area is 121 Å². The molecular formula is C17H25FN2. The Hall–Kier alpha value is -1.25. The highest BCUT2D eigenvalue weighted by molar-refractivity contribution is 5.57. The quantitative estimate of drug-likeness (QED) is 0.879. The van der Waals surface area contributed by atoms with Crippen LogP contribution in [0.2, 0.25) is 0 Å². The Morgan fingerprint density at radius 1 is 1.25 bits per heavy atom. The van der Waals surface area contributed by atoms with Gasteiger partial charge >= 0.3 is 0 Å². The van der Waals surface area contributed by atoms with Crippen molar-refractivity contribution in [2.24, 2.45) is 5.41 Å². The van der Waals surface area contributed by atoms with E-state index >= 15 is 0 Å². The summed E-state index contributed by atoms with van der Waals surface area (Å²) < 4.78 is 14.2. The van der Waals surface area contributed by atoms with Crippen LogP contribution in [-0.4, -0.2) is 19.1 Å². The molecule has 1 saturated heterocycles. The molecule has 20 heavy (non-hydrogen) atoms. The number of rotatable bonds is 3. The van der Waals surface area contributed by atoms with Gasteiger partial charge in [0.15, 0.2) is 0 Å². The van der Waals surface area contributed by atoms with Crippen LogP contribution >= 0.6 is 0 Å². The molecule has 1 heterocycles. The molecule has 1 atom stereocenters. The molecule has 1 unspecified atom stereocenters. The van der Waals surface area contributed by atoms with Crippen molar-refractivity contribution in [3.05, 3.63) is 24.0 Å². The highest BCUT2D eigenvalue weighted by atomic mass is 19.1. The lowest BCUT2D eigenvalue weighted by Gasteiger charge is -2.21. The van der Waals surface area contributed by atoms with E-state index < -0.39 is 0 Å². The van der Waals surface area contributed by atoms with Crippen LogP contribution in [0.15, 0.2) is 18.2 Å². The second-order valence-corrected chi connectivity index (χ2v) is 7.11. The van der Waals surface area contributed by atoms with Gasteiger partial charge < -0.3 is 10.2 Å². The first-order valence-corrected chi connectivity index (χ1v) is 7.85. The highest BCUT2D eigenvalue weighted by Gasteiger charge is 2.30. The lowest BCUT2D eigenvalue weighted by Crippen LogP contribution is -2.20. The van der Waals surface area contributed by atoms with Gasteiger partial charge in [-0.05, 0) is 55.7 Å². The molecule has 3 rings (SSSR count). The van der Waals surface area contributed by atoms with Crippen molar-refractivity contribution < 1.29 is 4.39 Å². The Balaban J connectivity index is 1.68. The average molecular weight is 276 g/mol. The number of nitrogens with one attached hydrogen (secondary N) is 1. The lowest BCUT2D eigenvalue weighted by molar-refractivity contribution is 0.378. The summed E-state index contributed by atoms with van der Waals surface area (Å²) in [6.45, 7) is 6.60. The van der Waals surface area contributed by atoms with E-state index in [2.05, 4.69) is 24.1 Å². The standard InChI is InChI=1S/C17H25FN2/c1-17(2)8-7-14(12-17)19-13-5-6-16(15(18)11-13)20-9-3-4-10-20/h5-6,11,14,19H,3-4,7-10,12H2,1-2H3. The van der Waals surface area contributed by atoms with Crippen LogP contribution in [0.1, 0.15) is 46.0 Å². The van der Waals surface area contributed by atoms with Crippen molar-refractivity contribution in [2.75, 3.05) is 23.3 Å². The first-order valence-electron chi connectivity index (χ1n) is 7.85. The summed E-state index contributed by atoms with van der Waals surface area (Å²) >= 11 is 0. The summed E-state index contributed by atoms with van der Waals surface area (Å²) in [7, 11) is 0. The third kappa shape index (κ3) is 2.92. The fraction of sp³-hybridized carbons (Fsp3) is 0.647. The van der Waals surface area contributed by atoms with Crippen LogP contribution in [0.4, 0.5) is 15.8 Å². The van der Waals surface area contributed by atoms with Gasteiger partial charge in [-0.3, -0.25) is 0 Å². The normalized spacial score (nSPS) is 25.1. The summed E-state index contributed by atoms with van der Waals surface area (Å²) in [5, 5.41) is 3.50. The van der Waals surface area contributed by atoms with E-state index in [0.717, 1.165) is 24.5 Å². The number of halogens is 1. The molecule has 0 radical (unpaired) electrons. The monoisotopic (exact) mass is 276 g/mol. The van der Waals surface area contributed by atoms with Gasteiger partial charge in [-0.1, -0.05) is 13.8 Å². The molecule has 1 aromatic rings. The second kappa shape index (κ2) is 5.27. The fourth-order valence-electron chi connectivity index (χ4n) is 3.61. The third-order valence-electron chi connectivity index (χ3n) is 4.73. The summed E-state index contributed by atoms with van der Waals surface area (Å²) in [5.74, 6) is -0.0887. The SMILES string of the molecule is CC1(C)CCC(Nc2ccc(N3CCCC3)c(F)c2)C1. The summed E-state index contributed by atoms with van der Waals surface area (Å²) in [4.78, 5) is 2.15. The van der Waals surface area contributed by atoms with Crippen molar-refractivity contribution in [3.8, 4) is 0 Å². The zero-order chi connectivity index (χ0) is 14.2. The molecule has 0 aromatic heterocycles. The minimum Gasteiger partial charge on any atom is -0.382 e. The van der Waals surface area contributed by atoms with Crippen LogP contribution in [0.25, 0.3) is 0 Å². The minimum atomic E-state index is -0.0887. The van der Waals surface area contributed by atoms with Gasteiger partial charge in [0.25, 0.3) is 0 Å². The molecule has 0 spiro atoms. The van der Waals surface area contributed by atoms with E-state index in [4.69, 9.17) is 0 Å². The molecule has 1 aromatic carbocycles. The molecule has 1 N–H and O–H groups in total. The van der Waals surface area contributed by atoms with E-state index in [1.165, 1.54) is 32.1 Å². The van der Waals surface area contributed by atoms with E-state index in [1.807, 2.05) is 12.1 Å². The lowest BCUT2D eigenvalue weighted by atomic mass is 9.92. The van der Waals surface area contributed by atoms with E-state index in [-0.39, 0.29) is 5.82 Å². The van der Waals surface area contributed by atoms with E-state index in [0.29, 0.717) is 11.5 Å². The maximum atomic E-state index is 14.2. The summed E-state index contributed by atoms with van der Waals surface area (Å²) in [6.07, 6.45) is 5.96. The van der Waals surface area contributed by atoms with Gasteiger partial charge in [0.05, 0.1) is 5.69 Å². The molecule has 110 valence electrons. The van der Waals surface area contributed by atoms with Gasteiger partial charge in [0.2, 0.25) is 0 Å². The first-order chi connectivity index (χ1) is 9.53. The molecular weight excluding hydrogens is 251 g/mol. The maximum absolute atomic E-state index is 14.2. The van der Waals surface area contributed by atoms with Crippen LogP contribution < -0.4 is 10.2 Å². The molecule has 2 nitrogen and oxygen atoms in total. The predicted octanol–water partition coefficient (Wildman–Crippen LogP) is 4.42. The van der Waals surface area contributed by atoms with Gasteiger partial charge in [-0.25, -0.2) is 4.39 Å². The van der Waals surface area contributed by atoms with Crippen molar-refractivity contribution >= 4 is 11.4 Å². The van der Waals surface area contributed by atoms with Crippen LogP contribution in [0.5, 0.6) is 0 Å². The Morgan fingerprint density at radius 2 is 2.00 bits per heavy atom. The molecule has 1 saturated carbocycles. The molecule has 2 fully saturated rings. The molecule has 0 bridgehead atoms. The zero-order valence-corrected chi connectivity index (χ0v) is 12.6. The largest absolute Gasteiger partial charge is 0.382 e. The number of hydrogen-bond acceptors (Lipinski definition) is 2. The van der Waals surface area contributed by atoms with E-state index in [1.54, 1.807) is 6.07 Å². The molecule has 0 amide bonds. The van der Waals surface area contributed by atoms with Crippen molar-refractivity contribution in [1.82, 2.24) is 0 Å². The maximum Gasteiger partial charge on any atom is 0.148 e. The molecule has 2 aliphatic rings. The topological polar surface area (TPSA) is 15.3 Å². The Bertz CT molecular complexity index is 478. The average Bonchev–Trinajstić information content (AvgIpc) is 2.99. The Morgan fingerprint density at radius 3 is 2.60 bits per heavy atom. The summed E-state index contributed by atoms with van der Waals surface area (Å²) in [6, 6.07) is 6.12. The van der Waals surface area contributed by atoms with Crippen LogP contribution in [0, 0.1) is 11.2 Å². The van der Waals surface area contributed by atoms with Crippen LogP contribution in [-0.2, 0) is 0 Å². The number of anilines is 2. The van der Waals surface area contributed by atoms with Gasteiger partial charge in [0, 0.05) is 24.8 Å². The number of nitrogens with zero attached hydrogens (tertiary/aromatic N) is 1. The summed E-state index contributed by atoms with van der Waals surface area (Å²) in [5.41, 5.74) is 2.11. The van der Waals surface area contributed by atoms with Crippen molar-refractivity contribution in [3.63, 3.8) is 0 Å². The van der Waals surface area contributed by atoms with Gasteiger partial charge in [-0.15, -0.1) is 0 Å². The van der Waals surface area contributed by atoms with Crippen molar-refractivity contribution in [1.29, 1.82) is 0 Å². The first kappa shape index (κ1) is 13.7. The molecule has 1 aliphatic carbocycles. The number of hydrogen-bond donors (Lipinski definition) is 1. The Kier molecular flexibility index (Phi) is 3.61.